The first-order valence-corrected chi connectivity index (χ1v) is 8.05. The number of non-ortho nitro benzene ring substituents is 1. The first kappa shape index (κ1) is 16.6. The molecule has 0 aliphatic rings. The van der Waals surface area contributed by atoms with Crippen molar-refractivity contribution in [2.24, 2.45) is 4.99 Å². The minimum Gasteiger partial charge on any atom is -0.872 e. The van der Waals surface area contributed by atoms with Crippen LogP contribution in [0, 0.1) is 10.1 Å². The Balaban J connectivity index is 1.81. The van der Waals surface area contributed by atoms with Crippen LogP contribution in [0.1, 0.15) is 5.56 Å². The van der Waals surface area contributed by atoms with E-state index in [2.05, 4.69) is 4.99 Å². The Morgan fingerprint density at radius 2 is 1.89 bits per heavy atom. The number of para-hydroxylation sites is 1. The molecular formula is C20H13N2O5-. The van der Waals surface area contributed by atoms with Crippen LogP contribution in [0.2, 0.25) is 0 Å². The van der Waals surface area contributed by atoms with Crippen molar-refractivity contribution < 1.29 is 19.2 Å². The summed E-state index contributed by atoms with van der Waals surface area (Å²) in [6.45, 7) is 0. The number of hydrogen-bond donors (Lipinski definition) is 0. The number of nitrogens with zero attached hydrogens (tertiary/aromatic N) is 2. The van der Waals surface area contributed by atoms with Gasteiger partial charge < -0.3 is 14.3 Å². The first-order chi connectivity index (χ1) is 13.1. The van der Waals surface area contributed by atoms with Crippen molar-refractivity contribution in [3.8, 4) is 11.5 Å². The van der Waals surface area contributed by atoms with Crippen molar-refractivity contribution in [1.29, 1.82) is 0 Å². The zero-order valence-corrected chi connectivity index (χ0v) is 14.2. The van der Waals surface area contributed by atoms with E-state index in [0.29, 0.717) is 17.0 Å². The third kappa shape index (κ3) is 2.95. The lowest BCUT2D eigenvalue weighted by Gasteiger charge is -2.09. The van der Waals surface area contributed by atoms with Gasteiger partial charge in [-0.2, -0.15) is 0 Å². The van der Waals surface area contributed by atoms with Crippen molar-refractivity contribution in [3.05, 3.63) is 70.3 Å². The maximum atomic E-state index is 11.9. The molecule has 0 saturated carbocycles. The van der Waals surface area contributed by atoms with E-state index in [4.69, 9.17) is 9.15 Å². The largest absolute Gasteiger partial charge is 0.872 e. The molecule has 0 N–H and O–H groups in total. The molecule has 3 aromatic carbocycles. The number of hydrogen-bond acceptors (Lipinski definition) is 6. The number of furan rings is 1. The lowest BCUT2D eigenvalue weighted by molar-refractivity contribution is -0.385. The van der Waals surface area contributed by atoms with Gasteiger partial charge in [0, 0.05) is 35.2 Å². The smallest absolute Gasteiger partial charge is 0.270 e. The fourth-order valence-corrected chi connectivity index (χ4v) is 2.89. The molecule has 0 radical (unpaired) electrons. The number of nitro benzene ring substituents is 1. The molecule has 4 aromatic rings. The first-order valence-electron chi connectivity index (χ1n) is 8.05. The van der Waals surface area contributed by atoms with Gasteiger partial charge in [0.25, 0.3) is 5.69 Å². The van der Waals surface area contributed by atoms with Crippen molar-refractivity contribution in [2.45, 2.75) is 0 Å². The SMILES string of the molecule is COc1cc2c(cc1N=Cc1cc([N+](=O)[O-])ccc1[O-])oc1ccccc12. The molecule has 1 aromatic heterocycles. The fraction of sp³-hybridized carbons (Fsp3) is 0.0500. The molecule has 0 amide bonds. The fourth-order valence-electron chi connectivity index (χ4n) is 2.89. The topological polar surface area (TPSA) is 101 Å². The second kappa shape index (κ2) is 6.45. The third-order valence-electron chi connectivity index (χ3n) is 4.23. The van der Waals surface area contributed by atoms with Crippen LogP contribution in [-0.4, -0.2) is 18.2 Å². The van der Waals surface area contributed by atoms with Gasteiger partial charge in [-0.05, 0) is 17.7 Å². The van der Waals surface area contributed by atoms with E-state index >= 15 is 0 Å². The van der Waals surface area contributed by atoms with Gasteiger partial charge in [-0.3, -0.25) is 15.1 Å². The molecule has 0 aliphatic heterocycles. The van der Waals surface area contributed by atoms with Crippen molar-refractivity contribution in [2.75, 3.05) is 7.11 Å². The summed E-state index contributed by atoms with van der Waals surface area (Å²) in [5.74, 6) is 0.149. The van der Waals surface area contributed by atoms with Gasteiger partial charge in [-0.1, -0.05) is 30.0 Å². The molecule has 0 spiro atoms. The quantitative estimate of drug-likeness (QED) is 0.306. The second-order valence-corrected chi connectivity index (χ2v) is 5.86. The van der Waals surface area contributed by atoms with Gasteiger partial charge in [-0.25, -0.2) is 0 Å². The van der Waals surface area contributed by atoms with E-state index in [1.165, 1.54) is 25.5 Å². The molecular weight excluding hydrogens is 348 g/mol. The van der Waals surface area contributed by atoms with E-state index in [1.54, 1.807) is 6.07 Å². The number of rotatable bonds is 4. The molecule has 0 unspecified atom stereocenters. The number of nitro groups is 1. The van der Waals surface area contributed by atoms with Crippen molar-refractivity contribution in [1.82, 2.24) is 0 Å². The van der Waals surface area contributed by atoms with Gasteiger partial charge in [0.05, 0.1) is 12.0 Å². The van der Waals surface area contributed by atoms with Crippen LogP contribution < -0.4 is 9.84 Å². The molecule has 134 valence electrons. The number of benzene rings is 3. The third-order valence-corrected chi connectivity index (χ3v) is 4.23. The normalized spacial score (nSPS) is 11.4. The van der Waals surface area contributed by atoms with Crippen LogP contribution in [0.5, 0.6) is 11.5 Å². The van der Waals surface area contributed by atoms with Crippen LogP contribution in [0.4, 0.5) is 11.4 Å². The highest BCUT2D eigenvalue weighted by Gasteiger charge is 2.12. The number of fused-ring (bicyclic) bond motifs is 3. The summed E-state index contributed by atoms with van der Waals surface area (Å²) in [5.41, 5.74) is 1.78. The molecule has 7 heteroatoms. The number of aliphatic imine (C=N–C) groups is 1. The lowest BCUT2D eigenvalue weighted by Crippen LogP contribution is -1.98. The summed E-state index contributed by atoms with van der Waals surface area (Å²) in [6, 6.07) is 14.7. The van der Waals surface area contributed by atoms with Gasteiger partial charge >= 0.3 is 0 Å². The standard InChI is InChI=1S/C20H14N2O5/c1-26-20-9-15-14-4-2-3-5-18(14)27-19(15)10-16(20)21-11-12-8-13(22(24)25)6-7-17(12)23/h2-11,23H,1H3/p-1. The van der Waals surface area contributed by atoms with Gasteiger partial charge in [0.1, 0.15) is 22.6 Å². The van der Waals surface area contributed by atoms with Crippen LogP contribution in [0.15, 0.2) is 64.0 Å². The number of ether oxygens (including phenoxy) is 1. The maximum Gasteiger partial charge on any atom is 0.270 e. The zero-order valence-electron chi connectivity index (χ0n) is 14.2. The Morgan fingerprint density at radius 3 is 2.67 bits per heavy atom. The maximum absolute atomic E-state index is 11.9. The summed E-state index contributed by atoms with van der Waals surface area (Å²) >= 11 is 0. The van der Waals surface area contributed by atoms with Crippen molar-refractivity contribution >= 4 is 39.5 Å². The molecule has 0 fully saturated rings. The van der Waals surface area contributed by atoms with Crippen LogP contribution in [-0.2, 0) is 0 Å². The molecule has 0 atom stereocenters. The monoisotopic (exact) mass is 361 g/mol. The molecule has 0 aliphatic carbocycles. The summed E-state index contributed by atoms with van der Waals surface area (Å²) in [6.07, 6.45) is 1.29. The Hall–Kier alpha value is -3.87. The Kier molecular flexibility index (Phi) is 3.97. The predicted octanol–water partition coefficient (Wildman–Crippen LogP) is 4.33. The van der Waals surface area contributed by atoms with Crippen molar-refractivity contribution in [3.63, 3.8) is 0 Å². The summed E-state index contributed by atoms with van der Waals surface area (Å²) in [7, 11) is 1.52. The minimum atomic E-state index is -0.558. The Morgan fingerprint density at radius 1 is 1.07 bits per heavy atom. The van der Waals surface area contributed by atoms with E-state index in [-0.39, 0.29) is 17.0 Å². The van der Waals surface area contributed by atoms with Gasteiger partial charge in [0.2, 0.25) is 0 Å². The summed E-state index contributed by atoms with van der Waals surface area (Å²) in [5, 5.41) is 24.7. The number of methoxy groups -OCH3 is 1. The molecule has 4 rings (SSSR count). The highest BCUT2D eigenvalue weighted by Crippen LogP contribution is 2.37. The molecule has 27 heavy (non-hydrogen) atoms. The summed E-state index contributed by atoms with van der Waals surface area (Å²) < 4.78 is 11.2. The van der Waals surface area contributed by atoms with Gasteiger partial charge in [-0.15, -0.1) is 0 Å². The zero-order chi connectivity index (χ0) is 19.0. The summed E-state index contributed by atoms with van der Waals surface area (Å²) in [4.78, 5) is 14.6. The lowest BCUT2D eigenvalue weighted by atomic mass is 10.1. The Labute approximate surface area is 153 Å². The van der Waals surface area contributed by atoms with E-state index in [1.807, 2.05) is 30.3 Å². The predicted molar refractivity (Wildman–Crippen MR) is 100 cm³/mol. The molecule has 1 heterocycles. The second-order valence-electron chi connectivity index (χ2n) is 5.86. The van der Waals surface area contributed by atoms with Crippen LogP contribution in [0.3, 0.4) is 0 Å². The van der Waals surface area contributed by atoms with Gasteiger partial charge in [0.15, 0.2) is 0 Å². The molecule has 7 nitrogen and oxygen atoms in total. The average molecular weight is 361 g/mol. The van der Waals surface area contributed by atoms with E-state index < -0.39 is 4.92 Å². The minimum absolute atomic E-state index is 0.121. The van der Waals surface area contributed by atoms with E-state index in [0.717, 1.165) is 22.4 Å². The van der Waals surface area contributed by atoms with E-state index in [9.17, 15) is 15.2 Å². The van der Waals surface area contributed by atoms with Crippen LogP contribution >= 0.6 is 0 Å². The average Bonchev–Trinajstić information content (AvgIpc) is 3.03. The Bertz CT molecular complexity index is 1210. The van der Waals surface area contributed by atoms with Crippen LogP contribution in [0.25, 0.3) is 21.9 Å². The molecule has 0 bridgehead atoms. The molecule has 0 saturated heterocycles. The highest BCUT2D eigenvalue weighted by molar-refractivity contribution is 6.06. The highest BCUT2D eigenvalue weighted by atomic mass is 16.6.